The Kier molecular flexibility index (Phi) is 4.67. The minimum absolute atomic E-state index is 0.127. The fraction of sp³-hybridized carbons (Fsp3) is 1.00. The summed E-state index contributed by atoms with van der Waals surface area (Å²) in [5, 5.41) is 0. The SMILES string of the molecule is CCCC1CCC2(CC1)CC1(CCC(CCC)CC1)C2F. The molecule has 0 aromatic carbocycles. The molecular formula is C20H35F. The Hall–Kier alpha value is -0.0700. The van der Waals surface area contributed by atoms with Gasteiger partial charge >= 0.3 is 0 Å². The molecule has 3 rings (SSSR count). The summed E-state index contributed by atoms with van der Waals surface area (Å²) in [6, 6.07) is 0. The predicted molar refractivity (Wildman–Crippen MR) is 88.1 cm³/mol. The summed E-state index contributed by atoms with van der Waals surface area (Å²) in [6.07, 6.45) is 16.1. The van der Waals surface area contributed by atoms with E-state index in [2.05, 4.69) is 13.8 Å². The molecule has 1 heteroatoms. The van der Waals surface area contributed by atoms with Crippen molar-refractivity contribution in [2.24, 2.45) is 22.7 Å². The summed E-state index contributed by atoms with van der Waals surface area (Å²) in [4.78, 5) is 0. The molecule has 21 heavy (non-hydrogen) atoms. The molecule has 0 N–H and O–H groups in total. The van der Waals surface area contributed by atoms with Crippen LogP contribution in [0.1, 0.15) is 97.3 Å². The molecule has 3 saturated carbocycles. The number of hydrogen-bond donors (Lipinski definition) is 0. The lowest BCUT2D eigenvalue weighted by Gasteiger charge is -2.63. The van der Waals surface area contributed by atoms with Gasteiger partial charge in [-0.1, -0.05) is 39.5 Å². The second kappa shape index (κ2) is 6.20. The van der Waals surface area contributed by atoms with Crippen molar-refractivity contribution in [3.8, 4) is 0 Å². The van der Waals surface area contributed by atoms with Gasteiger partial charge in [0.2, 0.25) is 0 Å². The summed E-state index contributed by atoms with van der Waals surface area (Å²) < 4.78 is 15.2. The fourth-order valence-corrected chi connectivity index (χ4v) is 6.16. The highest BCUT2D eigenvalue weighted by atomic mass is 19.1. The highest BCUT2D eigenvalue weighted by Crippen LogP contribution is 2.68. The average Bonchev–Trinajstić information content (AvgIpc) is 2.51. The molecule has 2 spiro atoms. The van der Waals surface area contributed by atoms with E-state index >= 15 is 4.39 Å². The second-order valence-electron chi connectivity index (χ2n) is 8.73. The smallest absolute Gasteiger partial charge is 0.111 e. The van der Waals surface area contributed by atoms with Crippen LogP contribution in [0.5, 0.6) is 0 Å². The van der Waals surface area contributed by atoms with Gasteiger partial charge in [0.25, 0.3) is 0 Å². The Morgan fingerprint density at radius 3 is 1.43 bits per heavy atom. The van der Waals surface area contributed by atoms with Crippen molar-refractivity contribution in [2.75, 3.05) is 0 Å². The van der Waals surface area contributed by atoms with Crippen LogP contribution in [0.25, 0.3) is 0 Å². The largest absolute Gasteiger partial charge is 0.246 e. The molecule has 3 aliphatic rings. The van der Waals surface area contributed by atoms with Crippen molar-refractivity contribution in [2.45, 2.75) is 103 Å². The van der Waals surface area contributed by atoms with Crippen LogP contribution in [0.2, 0.25) is 0 Å². The van der Waals surface area contributed by atoms with Crippen molar-refractivity contribution < 1.29 is 4.39 Å². The molecule has 0 nitrogen and oxygen atoms in total. The van der Waals surface area contributed by atoms with Crippen molar-refractivity contribution in [3.63, 3.8) is 0 Å². The zero-order chi connectivity index (χ0) is 14.9. The molecule has 0 saturated heterocycles. The zero-order valence-corrected chi connectivity index (χ0v) is 14.3. The van der Waals surface area contributed by atoms with E-state index in [0.29, 0.717) is 0 Å². The van der Waals surface area contributed by atoms with Gasteiger partial charge < -0.3 is 0 Å². The van der Waals surface area contributed by atoms with Crippen LogP contribution in [0.3, 0.4) is 0 Å². The van der Waals surface area contributed by atoms with Crippen LogP contribution in [0, 0.1) is 22.7 Å². The van der Waals surface area contributed by atoms with E-state index in [1.54, 1.807) is 0 Å². The first kappa shape index (κ1) is 15.8. The quantitative estimate of drug-likeness (QED) is 0.542. The van der Waals surface area contributed by atoms with Crippen LogP contribution < -0.4 is 0 Å². The third-order valence-electron chi connectivity index (χ3n) is 7.38. The fourth-order valence-electron chi connectivity index (χ4n) is 6.16. The van der Waals surface area contributed by atoms with Gasteiger partial charge in [0.1, 0.15) is 6.17 Å². The number of rotatable bonds is 4. The average molecular weight is 294 g/mol. The molecule has 0 unspecified atom stereocenters. The highest BCUT2D eigenvalue weighted by molar-refractivity contribution is 5.13. The first-order valence-corrected chi connectivity index (χ1v) is 9.78. The zero-order valence-electron chi connectivity index (χ0n) is 14.3. The Bertz CT molecular complexity index is 300. The van der Waals surface area contributed by atoms with Gasteiger partial charge in [-0.2, -0.15) is 0 Å². The summed E-state index contributed by atoms with van der Waals surface area (Å²) in [7, 11) is 0. The third-order valence-corrected chi connectivity index (χ3v) is 7.38. The molecule has 3 fully saturated rings. The molecule has 0 heterocycles. The Labute approximate surface area is 131 Å². The van der Waals surface area contributed by atoms with Crippen LogP contribution in [-0.4, -0.2) is 6.17 Å². The maximum Gasteiger partial charge on any atom is 0.111 e. The van der Waals surface area contributed by atoms with Gasteiger partial charge in [0, 0.05) is 10.8 Å². The van der Waals surface area contributed by atoms with E-state index in [1.165, 1.54) is 83.5 Å². The molecular weight excluding hydrogens is 259 g/mol. The standard InChI is InChI=1S/C20H35F/c1-3-5-16-7-11-19(12-8-16)15-20(18(19)21)13-9-17(6-4-2)10-14-20/h16-18H,3-15H2,1-2H3. The molecule has 122 valence electrons. The summed E-state index contributed by atoms with van der Waals surface area (Å²) in [5.74, 6) is 1.81. The molecule has 0 radical (unpaired) electrons. The normalized spacial score (nSPS) is 46.7. The molecule has 0 atom stereocenters. The van der Waals surface area contributed by atoms with Crippen LogP contribution >= 0.6 is 0 Å². The highest BCUT2D eigenvalue weighted by Gasteiger charge is 2.64. The van der Waals surface area contributed by atoms with Gasteiger partial charge in [0.05, 0.1) is 0 Å². The van der Waals surface area contributed by atoms with Gasteiger partial charge in [0.15, 0.2) is 0 Å². The van der Waals surface area contributed by atoms with E-state index in [4.69, 9.17) is 0 Å². The van der Waals surface area contributed by atoms with Gasteiger partial charge in [-0.25, -0.2) is 4.39 Å². The third kappa shape index (κ3) is 2.79. The predicted octanol–water partition coefficient (Wildman–Crippen LogP) is 6.68. The molecule has 0 aromatic heterocycles. The number of halogens is 1. The summed E-state index contributed by atoms with van der Waals surface area (Å²) in [5.41, 5.74) is 0.254. The van der Waals surface area contributed by atoms with Crippen molar-refractivity contribution in [3.05, 3.63) is 0 Å². The first-order valence-electron chi connectivity index (χ1n) is 9.78. The molecule has 3 aliphatic carbocycles. The maximum atomic E-state index is 15.2. The van der Waals surface area contributed by atoms with Gasteiger partial charge in [-0.15, -0.1) is 0 Å². The Morgan fingerprint density at radius 1 is 0.762 bits per heavy atom. The van der Waals surface area contributed by atoms with Gasteiger partial charge in [-0.05, 0) is 69.6 Å². The lowest BCUT2D eigenvalue weighted by atomic mass is 9.42. The molecule has 0 bridgehead atoms. The van der Waals surface area contributed by atoms with E-state index in [-0.39, 0.29) is 10.8 Å². The second-order valence-corrected chi connectivity index (χ2v) is 8.73. The topological polar surface area (TPSA) is 0 Å². The monoisotopic (exact) mass is 294 g/mol. The number of hydrogen-bond acceptors (Lipinski definition) is 0. The molecule has 0 aliphatic heterocycles. The minimum atomic E-state index is -0.463. The summed E-state index contributed by atoms with van der Waals surface area (Å²) in [6.45, 7) is 4.57. The van der Waals surface area contributed by atoms with E-state index in [1.807, 2.05) is 0 Å². The summed E-state index contributed by atoms with van der Waals surface area (Å²) >= 11 is 0. The maximum absolute atomic E-state index is 15.2. The van der Waals surface area contributed by atoms with E-state index < -0.39 is 6.17 Å². The van der Waals surface area contributed by atoms with Crippen LogP contribution in [-0.2, 0) is 0 Å². The number of alkyl halides is 1. The van der Waals surface area contributed by atoms with Crippen LogP contribution in [0.15, 0.2) is 0 Å². The van der Waals surface area contributed by atoms with Crippen molar-refractivity contribution in [1.82, 2.24) is 0 Å². The Balaban J connectivity index is 1.53. The lowest BCUT2D eigenvalue weighted by Crippen LogP contribution is -2.60. The van der Waals surface area contributed by atoms with Crippen molar-refractivity contribution >= 4 is 0 Å². The van der Waals surface area contributed by atoms with E-state index in [9.17, 15) is 0 Å². The van der Waals surface area contributed by atoms with E-state index in [0.717, 1.165) is 11.8 Å². The van der Waals surface area contributed by atoms with Gasteiger partial charge in [-0.3, -0.25) is 0 Å². The lowest BCUT2D eigenvalue weighted by molar-refractivity contribution is -0.184. The van der Waals surface area contributed by atoms with Crippen molar-refractivity contribution in [1.29, 1.82) is 0 Å². The first-order chi connectivity index (χ1) is 10.1. The molecule has 0 amide bonds. The Morgan fingerprint density at radius 2 is 1.14 bits per heavy atom. The minimum Gasteiger partial charge on any atom is -0.246 e. The van der Waals surface area contributed by atoms with Crippen LogP contribution in [0.4, 0.5) is 4.39 Å². The molecule has 0 aromatic rings.